The van der Waals surface area contributed by atoms with E-state index in [1.165, 1.54) is 36.0 Å². The lowest BCUT2D eigenvalue weighted by molar-refractivity contribution is 0.405. The molecule has 2 rings (SSSR count). The molecule has 0 spiro atoms. The fourth-order valence-corrected chi connectivity index (χ4v) is 3.44. The van der Waals surface area contributed by atoms with E-state index in [9.17, 15) is 5.11 Å². The van der Waals surface area contributed by atoms with Crippen molar-refractivity contribution >= 4 is 0 Å². The molecular formula is C23H32O. The Labute approximate surface area is 147 Å². The van der Waals surface area contributed by atoms with Gasteiger partial charge in [0.15, 0.2) is 0 Å². The maximum absolute atomic E-state index is 10.8. The predicted octanol–water partition coefficient (Wildman–Crippen LogP) is 6.46. The number of hydrogen-bond acceptors (Lipinski definition) is 1. The van der Waals surface area contributed by atoms with E-state index in [0.717, 1.165) is 24.0 Å². The lowest BCUT2D eigenvalue weighted by Gasteiger charge is -2.28. The minimum Gasteiger partial charge on any atom is -0.507 e. The first-order valence-electron chi connectivity index (χ1n) is 9.23. The highest BCUT2D eigenvalue weighted by atomic mass is 16.3. The maximum Gasteiger partial charge on any atom is 0.122 e. The van der Waals surface area contributed by atoms with Gasteiger partial charge < -0.3 is 5.11 Å². The molecule has 2 aromatic rings. The molecule has 0 aliphatic carbocycles. The van der Waals surface area contributed by atoms with Crippen LogP contribution in [0.1, 0.15) is 74.3 Å². The van der Waals surface area contributed by atoms with Gasteiger partial charge in [-0.25, -0.2) is 0 Å². The van der Waals surface area contributed by atoms with Crippen molar-refractivity contribution in [3.8, 4) is 5.75 Å². The third-order valence-electron chi connectivity index (χ3n) is 5.34. The first kappa shape index (κ1) is 18.6. The van der Waals surface area contributed by atoms with Gasteiger partial charge in [-0.2, -0.15) is 0 Å². The summed E-state index contributed by atoms with van der Waals surface area (Å²) in [5, 5.41) is 10.8. The van der Waals surface area contributed by atoms with Crippen LogP contribution in [-0.2, 0) is 11.8 Å². The normalized spacial score (nSPS) is 11.7. The zero-order chi connectivity index (χ0) is 17.7. The molecule has 0 heterocycles. The van der Waals surface area contributed by atoms with Crippen LogP contribution < -0.4 is 0 Å². The summed E-state index contributed by atoms with van der Waals surface area (Å²) in [5.41, 5.74) is 6.00. The van der Waals surface area contributed by atoms with Gasteiger partial charge in [-0.3, -0.25) is 0 Å². The minimum atomic E-state index is 0.00313. The predicted molar refractivity (Wildman–Crippen MR) is 104 cm³/mol. The van der Waals surface area contributed by atoms with Gasteiger partial charge in [0.25, 0.3) is 0 Å². The van der Waals surface area contributed by atoms with Crippen molar-refractivity contribution in [1.82, 2.24) is 0 Å². The molecule has 1 N–H and O–H groups in total. The minimum absolute atomic E-state index is 0.00313. The highest BCUT2D eigenvalue weighted by Crippen LogP contribution is 2.39. The summed E-state index contributed by atoms with van der Waals surface area (Å²) in [5.74, 6) is 0.491. The molecule has 0 aromatic heterocycles. The summed E-state index contributed by atoms with van der Waals surface area (Å²) >= 11 is 0. The van der Waals surface area contributed by atoms with Crippen molar-refractivity contribution in [3.05, 3.63) is 64.2 Å². The Balaban J connectivity index is 2.38. The fourth-order valence-electron chi connectivity index (χ4n) is 3.44. The van der Waals surface area contributed by atoms with Gasteiger partial charge in [-0.05, 0) is 54.4 Å². The van der Waals surface area contributed by atoms with Crippen LogP contribution in [0.5, 0.6) is 5.75 Å². The number of hydrogen-bond donors (Lipinski definition) is 1. The molecule has 0 radical (unpaired) electrons. The summed E-state index contributed by atoms with van der Waals surface area (Å²) in [6.07, 6.45) is 5.73. The Morgan fingerprint density at radius 3 is 2.25 bits per heavy atom. The van der Waals surface area contributed by atoms with Crippen molar-refractivity contribution in [1.29, 1.82) is 0 Å². The van der Waals surface area contributed by atoms with Crippen molar-refractivity contribution in [2.45, 2.75) is 72.1 Å². The van der Waals surface area contributed by atoms with E-state index < -0.39 is 0 Å². The molecule has 0 saturated heterocycles. The van der Waals surface area contributed by atoms with Gasteiger partial charge in [-0.15, -0.1) is 0 Å². The van der Waals surface area contributed by atoms with Crippen LogP contribution in [0, 0.1) is 13.8 Å². The Bertz CT molecular complexity index is 668. The molecule has 1 heteroatoms. The van der Waals surface area contributed by atoms with E-state index in [1.54, 1.807) is 0 Å². The van der Waals surface area contributed by atoms with E-state index in [1.807, 2.05) is 6.92 Å². The summed E-state index contributed by atoms with van der Waals surface area (Å²) in [4.78, 5) is 0. The molecule has 2 aromatic carbocycles. The van der Waals surface area contributed by atoms with E-state index in [0.29, 0.717) is 5.75 Å². The Morgan fingerprint density at radius 1 is 0.958 bits per heavy atom. The average molecular weight is 325 g/mol. The largest absolute Gasteiger partial charge is 0.507 e. The Kier molecular flexibility index (Phi) is 6.10. The van der Waals surface area contributed by atoms with Crippen molar-refractivity contribution in [2.24, 2.45) is 0 Å². The molecular weight excluding hydrogens is 292 g/mol. The van der Waals surface area contributed by atoms with Crippen molar-refractivity contribution in [3.63, 3.8) is 0 Å². The Hall–Kier alpha value is -1.76. The standard InChI is InChI=1S/C23H32O/c1-6-7-11-14-23(4,5)21-16-20(17(2)18(3)22(21)24)15-19-12-9-8-10-13-19/h8-10,12-13,16,24H,6-7,11,14-15H2,1-5H3. The molecule has 1 nitrogen and oxygen atoms in total. The molecule has 0 amide bonds. The number of phenols is 1. The molecule has 0 unspecified atom stereocenters. The van der Waals surface area contributed by atoms with E-state index >= 15 is 0 Å². The fraction of sp³-hybridized carbons (Fsp3) is 0.478. The summed E-state index contributed by atoms with van der Waals surface area (Å²) < 4.78 is 0. The average Bonchev–Trinajstić information content (AvgIpc) is 2.56. The second-order valence-electron chi connectivity index (χ2n) is 7.69. The van der Waals surface area contributed by atoms with Gasteiger partial charge in [0.05, 0.1) is 0 Å². The number of unbranched alkanes of at least 4 members (excludes halogenated alkanes) is 2. The van der Waals surface area contributed by atoms with Gasteiger partial charge in [-0.1, -0.05) is 76.4 Å². The third kappa shape index (κ3) is 4.20. The van der Waals surface area contributed by atoms with Crippen LogP contribution in [0.3, 0.4) is 0 Å². The zero-order valence-corrected chi connectivity index (χ0v) is 15.9. The van der Waals surface area contributed by atoms with Gasteiger partial charge in [0.1, 0.15) is 5.75 Å². The molecule has 0 bridgehead atoms. The second kappa shape index (κ2) is 7.88. The van der Waals surface area contributed by atoms with E-state index in [4.69, 9.17) is 0 Å². The molecule has 0 aliphatic heterocycles. The van der Waals surface area contributed by atoms with Crippen LogP contribution in [0.2, 0.25) is 0 Å². The van der Waals surface area contributed by atoms with Crippen molar-refractivity contribution < 1.29 is 5.11 Å². The number of rotatable bonds is 7. The lowest BCUT2D eigenvalue weighted by Crippen LogP contribution is -2.18. The third-order valence-corrected chi connectivity index (χ3v) is 5.34. The molecule has 24 heavy (non-hydrogen) atoms. The monoisotopic (exact) mass is 324 g/mol. The van der Waals surface area contributed by atoms with E-state index in [2.05, 4.69) is 64.1 Å². The molecule has 130 valence electrons. The van der Waals surface area contributed by atoms with Crippen LogP contribution in [0.15, 0.2) is 36.4 Å². The molecule has 0 saturated carbocycles. The van der Waals surface area contributed by atoms with Crippen LogP contribution in [0.4, 0.5) is 0 Å². The van der Waals surface area contributed by atoms with Crippen LogP contribution in [-0.4, -0.2) is 5.11 Å². The number of benzene rings is 2. The lowest BCUT2D eigenvalue weighted by atomic mass is 9.77. The quantitative estimate of drug-likeness (QED) is 0.580. The smallest absolute Gasteiger partial charge is 0.122 e. The molecule has 0 aliphatic rings. The number of aromatic hydroxyl groups is 1. The summed E-state index contributed by atoms with van der Waals surface area (Å²) in [6.45, 7) is 10.9. The Morgan fingerprint density at radius 2 is 1.62 bits per heavy atom. The van der Waals surface area contributed by atoms with Gasteiger partial charge in [0.2, 0.25) is 0 Å². The topological polar surface area (TPSA) is 20.2 Å². The van der Waals surface area contributed by atoms with E-state index in [-0.39, 0.29) is 5.41 Å². The van der Waals surface area contributed by atoms with Crippen molar-refractivity contribution in [2.75, 3.05) is 0 Å². The highest BCUT2D eigenvalue weighted by Gasteiger charge is 2.26. The van der Waals surface area contributed by atoms with Crippen LogP contribution >= 0.6 is 0 Å². The zero-order valence-electron chi connectivity index (χ0n) is 15.9. The SMILES string of the molecule is CCCCCC(C)(C)c1cc(Cc2ccccc2)c(C)c(C)c1O. The second-order valence-corrected chi connectivity index (χ2v) is 7.69. The van der Waals surface area contributed by atoms with Gasteiger partial charge >= 0.3 is 0 Å². The highest BCUT2D eigenvalue weighted by molar-refractivity contribution is 5.52. The first-order chi connectivity index (χ1) is 11.4. The maximum atomic E-state index is 10.8. The van der Waals surface area contributed by atoms with Crippen LogP contribution in [0.25, 0.3) is 0 Å². The molecule has 0 atom stereocenters. The number of phenolic OH excluding ortho intramolecular Hbond substituents is 1. The first-order valence-corrected chi connectivity index (χ1v) is 9.23. The summed E-state index contributed by atoms with van der Waals surface area (Å²) in [7, 11) is 0. The molecule has 0 fully saturated rings. The summed E-state index contributed by atoms with van der Waals surface area (Å²) in [6, 6.07) is 12.8. The van der Waals surface area contributed by atoms with Gasteiger partial charge in [0, 0.05) is 5.56 Å².